The van der Waals surface area contributed by atoms with Crippen LogP contribution in [0.1, 0.15) is 25.8 Å². The first-order valence-electron chi connectivity index (χ1n) is 6.68. The van der Waals surface area contributed by atoms with E-state index in [1.807, 2.05) is 13.8 Å². The SMILES string of the molecule is CCC(C)N(CCOC)S(=O)(=O)c1cccc(CO)c1. The monoisotopic (exact) mass is 301 g/mol. The summed E-state index contributed by atoms with van der Waals surface area (Å²) >= 11 is 0. The van der Waals surface area contributed by atoms with Gasteiger partial charge in [0.1, 0.15) is 0 Å². The number of methoxy groups -OCH3 is 1. The molecule has 0 heterocycles. The minimum atomic E-state index is -3.58. The van der Waals surface area contributed by atoms with Gasteiger partial charge >= 0.3 is 0 Å². The van der Waals surface area contributed by atoms with Gasteiger partial charge in [0.25, 0.3) is 0 Å². The predicted octanol–water partition coefficient (Wildman–Crippen LogP) is 1.61. The Labute approximate surface area is 121 Å². The minimum Gasteiger partial charge on any atom is -0.392 e. The Morgan fingerprint density at radius 3 is 2.65 bits per heavy atom. The summed E-state index contributed by atoms with van der Waals surface area (Å²) in [6.07, 6.45) is 0.725. The van der Waals surface area contributed by atoms with Gasteiger partial charge in [-0.15, -0.1) is 0 Å². The molecule has 1 aromatic carbocycles. The van der Waals surface area contributed by atoms with Gasteiger partial charge in [0.15, 0.2) is 0 Å². The zero-order chi connectivity index (χ0) is 15.2. The zero-order valence-corrected chi connectivity index (χ0v) is 13.1. The first kappa shape index (κ1) is 17.1. The van der Waals surface area contributed by atoms with Crippen molar-refractivity contribution in [3.05, 3.63) is 29.8 Å². The Morgan fingerprint density at radius 2 is 2.10 bits per heavy atom. The molecule has 1 unspecified atom stereocenters. The molecule has 1 atom stereocenters. The molecule has 6 heteroatoms. The molecule has 1 aromatic rings. The van der Waals surface area contributed by atoms with Gasteiger partial charge in [-0.2, -0.15) is 4.31 Å². The fraction of sp³-hybridized carbons (Fsp3) is 0.571. The fourth-order valence-corrected chi connectivity index (χ4v) is 3.66. The van der Waals surface area contributed by atoms with Gasteiger partial charge in [0.05, 0.1) is 18.1 Å². The Hall–Kier alpha value is -0.950. The predicted molar refractivity (Wildman–Crippen MR) is 77.9 cm³/mol. The van der Waals surface area contributed by atoms with Gasteiger partial charge in [0.2, 0.25) is 10.0 Å². The average Bonchev–Trinajstić information content (AvgIpc) is 2.47. The molecule has 5 nitrogen and oxygen atoms in total. The van der Waals surface area contributed by atoms with Crippen molar-refractivity contribution in [1.29, 1.82) is 0 Å². The van der Waals surface area contributed by atoms with Crippen LogP contribution in [0, 0.1) is 0 Å². The highest BCUT2D eigenvalue weighted by atomic mass is 32.2. The van der Waals surface area contributed by atoms with Crippen LogP contribution in [-0.2, 0) is 21.4 Å². The normalized spacial score (nSPS) is 13.7. The summed E-state index contributed by atoms with van der Waals surface area (Å²) in [7, 11) is -2.03. The Kier molecular flexibility index (Phi) is 6.61. The van der Waals surface area contributed by atoms with Crippen LogP contribution >= 0.6 is 0 Å². The molecule has 0 aliphatic carbocycles. The quantitative estimate of drug-likeness (QED) is 0.792. The molecule has 0 radical (unpaired) electrons. The lowest BCUT2D eigenvalue weighted by atomic mass is 10.2. The lowest BCUT2D eigenvalue weighted by Crippen LogP contribution is -2.40. The molecule has 0 aliphatic heterocycles. The van der Waals surface area contributed by atoms with Gasteiger partial charge < -0.3 is 9.84 Å². The van der Waals surface area contributed by atoms with E-state index in [0.29, 0.717) is 18.7 Å². The van der Waals surface area contributed by atoms with E-state index < -0.39 is 10.0 Å². The number of hydrogen-bond acceptors (Lipinski definition) is 4. The molecule has 0 spiro atoms. The number of ether oxygens (including phenoxy) is 1. The van der Waals surface area contributed by atoms with Crippen LogP contribution < -0.4 is 0 Å². The molecule has 0 amide bonds. The highest BCUT2D eigenvalue weighted by molar-refractivity contribution is 7.89. The molecule has 1 rings (SSSR count). The lowest BCUT2D eigenvalue weighted by molar-refractivity contribution is 0.167. The van der Waals surface area contributed by atoms with Crippen LogP contribution in [0.25, 0.3) is 0 Å². The number of benzene rings is 1. The summed E-state index contributed by atoms with van der Waals surface area (Å²) in [5.41, 5.74) is 0.585. The van der Waals surface area contributed by atoms with E-state index in [1.54, 1.807) is 25.3 Å². The molecule has 0 fully saturated rings. The molecule has 1 N–H and O–H groups in total. The van der Waals surface area contributed by atoms with Crippen molar-refractivity contribution < 1.29 is 18.3 Å². The smallest absolute Gasteiger partial charge is 0.243 e. The third-order valence-electron chi connectivity index (χ3n) is 3.29. The second-order valence-electron chi connectivity index (χ2n) is 4.67. The molecule has 0 aliphatic rings. The molecule has 0 bridgehead atoms. The highest BCUT2D eigenvalue weighted by Crippen LogP contribution is 2.20. The molecule has 0 saturated carbocycles. The van der Waals surface area contributed by atoms with Gasteiger partial charge in [-0.25, -0.2) is 8.42 Å². The number of nitrogens with zero attached hydrogens (tertiary/aromatic N) is 1. The zero-order valence-electron chi connectivity index (χ0n) is 12.2. The van der Waals surface area contributed by atoms with Gasteiger partial charge in [-0.3, -0.25) is 0 Å². The van der Waals surface area contributed by atoms with E-state index in [9.17, 15) is 8.42 Å². The maximum atomic E-state index is 12.7. The number of sulfonamides is 1. The average molecular weight is 301 g/mol. The molecule has 0 aromatic heterocycles. The first-order valence-corrected chi connectivity index (χ1v) is 8.12. The van der Waals surface area contributed by atoms with Gasteiger partial charge in [0, 0.05) is 19.7 Å². The van der Waals surface area contributed by atoms with Crippen LogP contribution in [0.15, 0.2) is 29.2 Å². The number of aliphatic hydroxyl groups is 1. The van der Waals surface area contributed by atoms with Gasteiger partial charge in [-0.1, -0.05) is 19.1 Å². The summed E-state index contributed by atoms with van der Waals surface area (Å²) in [5.74, 6) is 0. The third kappa shape index (κ3) is 4.02. The molecular weight excluding hydrogens is 278 g/mol. The van der Waals surface area contributed by atoms with Crippen molar-refractivity contribution in [2.75, 3.05) is 20.3 Å². The maximum Gasteiger partial charge on any atom is 0.243 e. The number of aliphatic hydroxyl groups excluding tert-OH is 1. The Morgan fingerprint density at radius 1 is 1.40 bits per heavy atom. The van der Waals surface area contributed by atoms with E-state index in [1.165, 1.54) is 10.4 Å². The summed E-state index contributed by atoms with van der Waals surface area (Å²) in [6, 6.07) is 6.30. The van der Waals surface area contributed by atoms with E-state index in [-0.39, 0.29) is 17.5 Å². The molecule has 114 valence electrons. The highest BCUT2D eigenvalue weighted by Gasteiger charge is 2.28. The van der Waals surface area contributed by atoms with Crippen molar-refractivity contribution in [3.8, 4) is 0 Å². The standard InChI is InChI=1S/C14H23NO4S/c1-4-12(2)15(8-9-19-3)20(17,18)14-7-5-6-13(10-14)11-16/h5-7,10,12,16H,4,8-9,11H2,1-3H3. The van der Waals surface area contributed by atoms with Crippen molar-refractivity contribution in [2.45, 2.75) is 37.8 Å². The first-order chi connectivity index (χ1) is 9.47. The maximum absolute atomic E-state index is 12.7. The van der Waals surface area contributed by atoms with E-state index in [0.717, 1.165) is 6.42 Å². The second kappa shape index (κ2) is 7.73. The Balaban J connectivity index is 3.14. The largest absolute Gasteiger partial charge is 0.392 e. The van der Waals surface area contributed by atoms with Crippen molar-refractivity contribution in [1.82, 2.24) is 4.31 Å². The van der Waals surface area contributed by atoms with Crippen molar-refractivity contribution >= 4 is 10.0 Å². The van der Waals surface area contributed by atoms with E-state index >= 15 is 0 Å². The molecule has 0 saturated heterocycles. The third-order valence-corrected chi connectivity index (χ3v) is 5.30. The fourth-order valence-electron chi connectivity index (χ4n) is 1.90. The summed E-state index contributed by atoms with van der Waals surface area (Å²) < 4.78 is 31.8. The molecule has 20 heavy (non-hydrogen) atoms. The van der Waals surface area contributed by atoms with Gasteiger partial charge in [-0.05, 0) is 31.0 Å². The topological polar surface area (TPSA) is 66.8 Å². The van der Waals surface area contributed by atoms with E-state index in [2.05, 4.69) is 0 Å². The van der Waals surface area contributed by atoms with Crippen LogP contribution in [0.3, 0.4) is 0 Å². The molecular formula is C14H23NO4S. The lowest BCUT2D eigenvalue weighted by Gasteiger charge is -2.27. The van der Waals surface area contributed by atoms with Crippen molar-refractivity contribution in [2.24, 2.45) is 0 Å². The summed E-state index contributed by atoms with van der Waals surface area (Å²) in [6.45, 7) is 4.32. The van der Waals surface area contributed by atoms with Crippen LogP contribution in [0.5, 0.6) is 0 Å². The van der Waals surface area contributed by atoms with Crippen LogP contribution in [0.4, 0.5) is 0 Å². The second-order valence-corrected chi connectivity index (χ2v) is 6.56. The van der Waals surface area contributed by atoms with E-state index in [4.69, 9.17) is 9.84 Å². The van der Waals surface area contributed by atoms with Crippen LogP contribution in [-0.4, -0.2) is 44.1 Å². The Bertz CT molecular complexity index is 516. The van der Waals surface area contributed by atoms with Crippen molar-refractivity contribution in [3.63, 3.8) is 0 Å². The number of hydrogen-bond donors (Lipinski definition) is 1. The minimum absolute atomic E-state index is 0.104. The summed E-state index contributed by atoms with van der Waals surface area (Å²) in [4.78, 5) is 0.209. The summed E-state index contributed by atoms with van der Waals surface area (Å²) in [5, 5.41) is 9.13. The number of rotatable bonds is 8. The van der Waals surface area contributed by atoms with Crippen LogP contribution in [0.2, 0.25) is 0 Å².